The third-order valence-electron chi connectivity index (χ3n) is 2.56. The van der Waals surface area contributed by atoms with Gasteiger partial charge in [0.15, 0.2) is 0 Å². The van der Waals surface area contributed by atoms with Crippen LogP contribution >= 0.6 is 0 Å². The van der Waals surface area contributed by atoms with Gasteiger partial charge < -0.3 is 9.88 Å². The van der Waals surface area contributed by atoms with Crippen molar-refractivity contribution in [2.75, 3.05) is 13.6 Å². The number of aromatic nitrogens is 1. The average Bonchev–Trinajstić information content (AvgIpc) is 2.73. The topological polar surface area (TPSA) is 36.1 Å². The van der Waals surface area contributed by atoms with Gasteiger partial charge in [-0.1, -0.05) is 6.07 Å². The summed E-state index contributed by atoms with van der Waals surface area (Å²) >= 11 is 0. The van der Waals surface area contributed by atoms with E-state index in [1.165, 1.54) is 7.05 Å². The maximum absolute atomic E-state index is 12.2. The van der Waals surface area contributed by atoms with Crippen LogP contribution in [0.2, 0.25) is 0 Å². The second kappa shape index (κ2) is 4.53. The van der Waals surface area contributed by atoms with Gasteiger partial charge in [0.05, 0.1) is 6.54 Å². The maximum Gasteiger partial charge on any atom is 0.255 e. The van der Waals surface area contributed by atoms with E-state index in [1.54, 1.807) is 24.4 Å². The average molecular weight is 238 g/mol. The molecule has 0 saturated carbocycles. The fraction of sp³-hybridized carbons (Fsp3) is 0.250. The molecule has 0 aliphatic rings. The number of carbonyl (C=O) groups is 1. The van der Waals surface area contributed by atoms with Gasteiger partial charge in [0, 0.05) is 24.3 Å². The number of nitrogens with zero attached hydrogens (tertiary/aromatic N) is 1. The van der Waals surface area contributed by atoms with E-state index >= 15 is 0 Å². The molecule has 0 aliphatic heterocycles. The first-order valence-electron chi connectivity index (χ1n) is 5.18. The number of amides is 1. The number of hydrogen-bond acceptors (Lipinski definition) is 1. The molecular weight excluding hydrogens is 226 g/mol. The molecule has 0 spiro atoms. The van der Waals surface area contributed by atoms with Gasteiger partial charge in [0.2, 0.25) is 0 Å². The Morgan fingerprint density at radius 2 is 2.18 bits per heavy atom. The Balaban J connectivity index is 2.23. The summed E-state index contributed by atoms with van der Waals surface area (Å²) in [5, 5.41) is 0.984. The number of halogens is 2. The lowest BCUT2D eigenvalue weighted by atomic mass is 10.1. The van der Waals surface area contributed by atoms with Crippen molar-refractivity contribution in [2.45, 2.75) is 6.43 Å². The molecule has 0 atom stereocenters. The molecule has 0 bridgehead atoms. The lowest BCUT2D eigenvalue weighted by Crippen LogP contribution is -2.31. The molecule has 2 aromatic rings. The fourth-order valence-electron chi connectivity index (χ4n) is 1.69. The normalized spacial score (nSPS) is 11.1. The van der Waals surface area contributed by atoms with Crippen molar-refractivity contribution in [3.63, 3.8) is 0 Å². The molecule has 2 rings (SSSR count). The summed E-state index contributed by atoms with van der Waals surface area (Å²) in [7, 11) is 1.37. The van der Waals surface area contributed by atoms with Gasteiger partial charge in [-0.15, -0.1) is 0 Å². The Kier molecular flexibility index (Phi) is 3.08. The van der Waals surface area contributed by atoms with Crippen LogP contribution in [0.5, 0.6) is 0 Å². The Bertz CT molecular complexity index is 536. The third-order valence-corrected chi connectivity index (χ3v) is 2.56. The number of H-pyrrole nitrogens is 1. The van der Waals surface area contributed by atoms with Crippen LogP contribution in [-0.4, -0.2) is 35.8 Å². The molecule has 3 nitrogen and oxygen atoms in total. The predicted molar refractivity (Wildman–Crippen MR) is 61.3 cm³/mol. The molecule has 1 N–H and O–H groups in total. The zero-order chi connectivity index (χ0) is 12.4. The zero-order valence-electron chi connectivity index (χ0n) is 9.28. The standard InChI is InChI=1S/C12H12F2N2O/c1-16(7-11(13)14)12(17)9-3-2-8-4-5-15-10(8)6-9/h2-6,11,15H,7H2,1H3. The molecule has 1 amide bonds. The molecular formula is C12H12F2N2O. The number of carbonyl (C=O) groups excluding carboxylic acids is 1. The second-order valence-corrected chi connectivity index (χ2v) is 3.86. The SMILES string of the molecule is CN(CC(F)F)C(=O)c1ccc2cc[nH]c2c1. The zero-order valence-corrected chi connectivity index (χ0v) is 9.28. The molecule has 0 unspecified atom stereocenters. The van der Waals surface area contributed by atoms with Crippen LogP contribution in [0.4, 0.5) is 8.78 Å². The van der Waals surface area contributed by atoms with Gasteiger partial charge >= 0.3 is 0 Å². The summed E-state index contributed by atoms with van der Waals surface area (Å²) < 4.78 is 24.3. The summed E-state index contributed by atoms with van der Waals surface area (Å²) in [6.07, 6.45) is -0.750. The third kappa shape index (κ3) is 2.43. The van der Waals surface area contributed by atoms with Crippen LogP contribution in [0.3, 0.4) is 0 Å². The predicted octanol–water partition coefficient (Wildman–Crippen LogP) is 2.50. The van der Waals surface area contributed by atoms with Crippen molar-refractivity contribution >= 4 is 16.8 Å². The van der Waals surface area contributed by atoms with Crippen molar-refractivity contribution < 1.29 is 13.6 Å². The van der Waals surface area contributed by atoms with Gasteiger partial charge in [-0.2, -0.15) is 0 Å². The number of fused-ring (bicyclic) bond motifs is 1. The first-order chi connectivity index (χ1) is 8.08. The Morgan fingerprint density at radius 3 is 2.88 bits per heavy atom. The van der Waals surface area contributed by atoms with Crippen LogP contribution in [0.25, 0.3) is 10.9 Å². The molecule has 0 saturated heterocycles. The highest BCUT2D eigenvalue weighted by Gasteiger charge is 2.16. The first-order valence-corrected chi connectivity index (χ1v) is 5.18. The lowest BCUT2D eigenvalue weighted by Gasteiger charge is -2.16. The highest BCUT2D eigenvalue weighted by Crippen LogP contribution is 2.15. The molecule has 90 valence electrons. The number of aromatic amines is 1. The van der Waals surface area contributed by atoms with E-state index in [4.69, 9.17) is 0 Å². The molecule has 1 aromatic carbocycles. The number of rotatable bonds is 3. The molecule has 5 heteroatoms. The van der Waals surface area contributed by atoms with E-state index < -0.39 is 18.9 Å². The first kappa shape index (κ1) is 11.6. The Labute approximate surface area is 97.0 Å². The molecule has 17 heavy (non-hydrogen) atoms. The van der Waals surface area contributed by atoms with E-state index in [-0.39, 0.29) is 0 Å². The summed E-state index contributed by atoms with van der Waals surface area (Å²) in [5.74, 6) is -0.401. The quantitative estimate of drug-likeness (QED) is 0.876. The van der Waals surface area contributed by atoms with Crippen LogP contribution in [0.1, 0.15) is 10.4 Å². The minimum Gasteiger partial charge on any atom is -0.361 e. The Hall–Kier alpha value is -1.91. The van der Waals surface area contributed by atoms with E-state index in [2.05, 4.69) is 4.98 Å². The van der Waals surface area contributed by atoms with E-state index in [0.29, 0.717) is 5.56 Å². The van der Waals surface area contributed by atoms with Crippen molar-refractivity contribution in [2.24, 2.45) is 0 Å². The largest absolute Gasteiger partial charge is 0.361 e. The van der Waals surface area contributed by atoms with Crippen molar-refractivity contribution in [3.05, 3.63) is 36.0 Å². The molecule has 0 radical (unpaired) electrons. The summed E-state index contributed by atoms with van der Waals surface area (Å²) in [5.41, 5.74) is 1.23. The van der Waals surface area contributed by atoms with Crippen LogP contribution in [0.15, 0.2) is 30.5 Å². The van der Waals surface area contributed by atoms with Gasteiger partial charge in [0.25, 0.3) is 12.3 Å². The highest BCUT2D eigenvalue weighted by molar-refractivity contribution is 5.97. The molecule has 0 fully saturated rings. The molecule has 0 aliphatic carbocycles. The van der Waals surface area contributed by atoms with Crippen LogP contribution in [0, 0.1) is 0 Å². The van der Waals surface area contributed by atoms with E-state index in [0.717, 1.165) is 15.8 Å². The molecule has 1 aromatic heterocycles. The van der Waals surface area contributed by atoms with Crippen LogP contribution < -0.4 is 0 Å². The minimum atomic E-state index is -2.52. The number of nitrogens with one attached hydrogen (secondary N) is 1. The smallest absolute Gasteiger partial charge is 0.255 e. The summed E-state index contributed by atoms with van der Waals surface area (Å²) in [4.78, 5) is 15.8. The maximum atomic E-state index is 12.2. The van der Waals surface area contributed by atoms with Gasteiger partial charge in [0.1, 0.15) is 0 Å². The number of alkyl halides is 2. The Morgan fingerprint density at radius 1 is 1.41 bits per heavy atom. The van der Waals surface area contributed by atoms with Crippen molar-refractivity contribution in [3.8, 4) is 0 Å². The fourth-order valence-corrected chi connectivity index (χ4v) is 1.69. The monoisotopic (exact) mass is 238 g/mol. The summed E-state index contributed by atoms with van der Waals surface area (Å²) in [6.45, 7) is -0.554. The number of benzene rings is 1. The molecule has 1 heterocycles. The van der Waals surface area contributed by atoms with E-state index in [9.17, 15) is 13.6 Å². The summed E-state index contributed by atoms with van der Waals surface area (Å²) in [6, 6.07) is 6.97. The van der Waals surface area contributed by atoms with Gasteiger partial charge in [-0.05, 0) is 23.6 Å². The van der Waals surface area contributed by atoms with Gasteiger partial charge in [-0.3, -0.25) is 4.79 Å². The van der Waals surface area contributed by atoms with Crippen molar-refractivity contribution in [1.82, 2.24) is 9.88 Å². The van der Waals surface area contributed by atoms with Crippen LogP contribution in [-0.2, 0) is 0 Å². The second-order valence-electron chi connectivity index (χ2n) is 3.86. The van der Waals surface area contributed by atoms with Crippen molar-refractivity contribution in [1.29, 1.82) is 0 Å². The minimum absolute atomic E-state index is 0.401. The highest BCUT2D eigenvalue weighted by atomic mass is 19.3. The lowest BCUT2D eigenvalue weighted by molar-refractivity contribution is 0.0620. The number of hydrogen-bond donors (Lipinski definition) is 1. The van der Waals surface area contributed by atoms with E-state index in [1.807, 2.05) is 6.07 Å². The van der Waals surface area contributed by atoms with Gasteiger partial charge in [-0.25, -0.2) is 8.78 Å².